The summed E-state index contributed by atoms with van der Waals surface area (Å²) in [5.74, 6) is 2.66. The Morgan fingerprint density at radius 2 is 2.20 bits per heavy atom. The molecule has 0 fully saturated rings. The first-order valence-electron chi connectivity index (χ1n) is 6.12. The van der Waals surface area contributed by atoms with Crippen molar-refractivity contribution in [2.24, 2.45) is 0 Å². The number of anilines is 1. The molecule has 2 aromatic rings. The molecule has 0 saturated carbocycles. The summed E-state index contributed by atoms with van der Waals surface area (Å²) >= 11 is 0. The number of hydrogen-bond acceptors (Lipinski definition) is 6. The third-order valence-corrected chi connectivity index (χ3v) is 2.93. The fourth-order valence-electron chi connectivity index (χ4n) is 1.92. The molecule has 0 unspecified atom stereocenters. The van der Waals surface area contributed by atoms with Crippen molar-refractivity contribution in [1.82, 2.24) is 9.97 Å². The van der Waals surface area contributed by atoms with Gasteiger partial charge < -0.3 is 14.8 Å². The van der Waals surface area contributed by atoms with E-state index >= 15 is 0 Å². The van der Waals surface area contributed by atoms with Crippen LogP contribution in [0.25, 0.3) is 0 Å². The Balaban J connectivity index is 1.77. The summed E-state index contributed by atoms with van der Waals surface area (Å²) < 4.78 is 10.6. The van der Waals surface area contributed by atoms with Crippen molar-refractivity contribution >= 4 is 5.82 Å². The van der Waals surface area contributed by atoms with E-state index < -0.39 is 0 Å². The Bertz CT molecular complexity index is 694. The number of hydrogen-bond donors (Lipinski definition) is 1. The Kier molecular flexibility index (Phi) is 3.09. The van der Waals surface area contributed by atoms with Crippen LogP contribution in [0.3, 0.4) is 0 Å². The highest BCUT2D eigenvalue weighted by Gasteiger charge is 2.13. The highest BCUT2D eigenvalue weighted by atomic mass is 16.7. The molecule has 0 spiro atoms. The topological polar surface area (TPSA) is 80.1 Å². The third kappa shape index (κ3) is 2.34. The van der Waals surface area contributed by atoms with Crippen molar-refractivity contribution in [2.75, 3.05) is 12.1 Å². The summed E-state index contributed by atoms with van der Waals surface area (Å²) in [6, 6.07) is 7.80. The van der Waals surface area contributed by atoms with E-state index in [4.69, 9.17) is 14.7 Å². The average molecular weight is 268 g/mol. The molecule has 0 radical (unpaired) electrons. The number of rotatable bonds is 3. The SMILES string of the molecule is Cc1ncc(C#N)c(NCc2ccc3c(c2)OCO3)n1. The molecule has 0 saturated heterocycles. The fourth-order valence-corrected chi connectivity index (χ4v) is 1.92. The molecule has 6 nitrogen and oxygen atoms in total. The van der Waals surface area contributed by atoms with Crippen LogP contribution in [0, 0.1) is 18.3 Å². The van der Waals surface area contributed by atoms with Gasteiger partial charge in [-0.1, -0.05) is 6.07 Å². The van der Waals surface area contributed by atoms with Crippen LogP contribution in [0.5, 0.6) is 11.5 Å². The molecule has 2 heterocycles. The van der Waals surface area contributed by atoms with Gasteiger partial charge in [0, 0.05) is 6.54 Å². The van der Waals surface area contributed by atoms with Crippen LogP contribution >= 0.6 is 0 Å². The number of nitriles is 1. The molecular weight excluding hydrogens is 256 g/mol. The minimum absolute atomic E-state index is 0.260. The van der Waals surface area contributed by atoms with Crippen molar-refractivity contribution in [3.05, 3.63) is 41.3 Å². The number of ether oxygens (including phenoxy) is 2. The first kappa shape index (κ1) is 12.2. The lowest BCUT2D eigenvalue weighted by Crippen LogP contribution is -2.05. The summed E-state index contributed by atoms with van der Waals surface area (Å²) in [7, 11) is 0. The molecule has 0 aliphatic carbocycles. The van der Waals surface area contributed by atoms with Gasteiger partial charge in [-0.05, 0) is 24.6 Å². The van der Waals surface area contributed by atoms with Crippen LogP contribution in [0.2, 0.25) is 0 Å². The van der Waals surface area contributed by atoms with Crippen molar-refractivity contribution in [2.45, 2.75) is 13.5 Å². The van der Waals surface area contributed by atoms with E-state index in [1.807, 2.05) is 18.2 Å². The maximum atomic E-state index is 9.03. The number of aryl methyl sites for hydroxylation is 1. The summed E-state index contributed by atoms with van der Waals surface area (Å²) in [6.07, 6.45) is 1.52. The van der Waals surface area contributed by atoms with Crippen molar-refractivity contribution in [3.8, 4) is 17.6 Å². The molecule has 0 amide bonds. The van der Waals surface area contributed by atoms with Gasteiger partial charge in [0.05, 0.1) is 6.20 Å². The molecule has 0 atom stereocenters. The molecule has 0 bridgehead atoms. The van der Waals surface area contributed by atoms with E-state index in [-0.39, 0.29) is 6.79 Å². The van der Waals surface area contributed by atoms with Crippen molar-refractivity contribution in [1.29, 1.82) is 5.26 Å². The maximum absolute atomic E-state index is 9.03. The minimum atomic E-state index is 0.260. The lowest BCUT2D eigenvalue weighted by molar-refractivity contribution is 0.174. The lowest BCUT2D eigenvalue weighted by atomic mass is 10.2. The Hall–Kier alpha value is -2.81. The van der Waals surface area contributed by atoms with E-state index in [1.165, 1.54) is 6.20 Å². The molecule has 1 aliphatic heterocycles. The molecule has 3 rings (SSSR count). The Morgan fingerprint density at radius 1 is 1.35 bits per heavy atom. The van der Waals surface area contributed by atoms with Gasteiger partial charge >= 0.3 is 0 Å². The van der Waals surface area contributed by atoms with Crippen LogP contribution in [-0.4, -0.2) is 16.8 Å². The second kappa shape index (κ2) is 5.05. The molecule has 1 aliphatic rings. The van der Waals surface area contributed by atoms with Crippen LogP contribution in [-0.2, 0) is 6.54 Å². The number of fused-ring (bicyclic) bond motifs is 1. The standard InChI is InChI=1S/C14H12N4O2/c1-9-16-7-11(5-15)14(18-9)17-6-10-2-3-12-13(4-10)20-8-19-12/h2-4,7H,6,8H2,1H3,(H,16,17,18). The van der Waals surface area contributed by atoms with E-state index in [0.717, 1.165) is 17.1 Å². The summed E-state index contributed by atoms with van der Waals surface area (Å²) in [5, 5.41) is 12.2. The van der Waals surface area contributed by atoms with Crippen LogP contribution in [0.4, 0.5) is 5.82 Å². The highest BCUT2D eigenvalue weighted by molar-refractivity contribution is 5.51. The van der Waals surface area contributed by atoms with Gasteiger partial charge in [0.15, 0.2) is 11.5 Å². The van der Waals surface area contributed by atoms with Gasteiger partial charge in [-0.15, -0.1) is 0 Å². The minimum Gasteiger partial charge on any atom is -0.454 e. The van der Waals surface area contributed by atoms with Crippen molar-refractivity contribution < 1.29 is 9.47 Å². The van der Waals surface area contributed by atoms with E-state index in [1.54, 1.807) is 6.92 Å². The Labute approximate surface area is 116 Å². The maximum Gasteiger partial charge on any atom is 0.231 e. The van der Waals surface area contributed by atoms with Crippen molar-refractivity contribution in [3.63, 3.8) is 0 Å². The van der Waals surface area contributed by atoms with Gasteiger partial charge in [0.1, 0.15) is 23.3 Å². The molecular formula is C14H12N4O2. The van der Waals surface area contributed by atoms with E-state index in [2.05, 4.69) is 21.4 Å². The number of benzene rings is 1. The summed E-state index contributed by atoms with van der Waals surface area (Å²) in [4.78, 5) is 8.23. The predicted octanol–water partition coefficient (Wildman–Crippen LogP) is 2.00. The van der Waals surface area contributed by atoms with Gasteiger partial charge in [0.25, 0.3) is 0 Å². The third-order valence-electron chi connectivity index (χ3n) is 2.93. The van der Waals surface area contributed by atoms with Gasteiger partial charge in [-0.25, -0.2) is 9.97 Å². The lowest BCUT2D eigenvalue weighted by Gasteiger charge is -2.08. The zero-order valence-corrected chi connectivity index (χ0v) is 10.9. The van der Waals surface area contributed by atoms with E-state index in [9.17, 15) is 0 Å². The van der Waals surface area contributed by atoms with Crippen LogP contribution in [0.1, 0.15) is 17.0 Å². The highest BCUT2D eigenvalue weighted by Crippen LogP contribution is 2.32. The summed E-state index contributed by atoms with van der Waals surface area (Å²) in [6.45, 7) is 2.59. The number of nitrogens with one attached hydrogen (secondary N) is 1. The smallest absolute Gasteiger partial charge is 0.231 e. The predicted molar refractivity (Wildman–Crippen MR) is 71.4 cm³/mol. The second-order valence-corrected chi connectivity index (χ2v) is 4.33. The first-order valence-corrected chi connectivity index (χ1v) is 6.12. The molecule has 6 heteroatoms. The molecule has 100 valence electrons. The zero-order chi connectivity index (χ0) is 13.9. The molecule has 1 aromatic carbocycles. The van der Waals surface area contributed by atoms with Crippen LogP contribution < -0.4 is 14.8 Å². The number of nitrogens with zero attached hydrogens (tertiary/aromatic N) is 3. The monoisotopic (exact) mass is 268 g/mol. The molecule has 1 aromatic heterocycles. The largest absolute Gasteiger partial charge is 0.454 e. The molecule has 20 heavy (non-hydrogen) atoms. The van der Waals surface area contributed by atoms with Gasteiger partial charge in [0.2, 0.25) is 6.79 Å². The Morgan fingerprint density at radius 3 is 3.05 bits per heavy atom. The first-order chi connectivity index (χ1) is 9.76. The molecule has 1 N–H and O–H groups in total. The van der Waals surface area contributed by atoms with Gasteiger partial charge in [-0.3, -0.25) is 0 Å². The average Bonchev–Trinajstić information content (AvgIpc) is 2.92. The second-order valence-electron chi connectivity index (χ2n) is 4.33. The van der Waals surface area contributed by atoms with Gasteiger partial charge in [-0.2, -0.15) is 5.26 Å². The number of aromatic nitrogens is 2. The fraction of sp³-hybridized carbons (Fsp3) is 0.214. The van der Waals surface area contributed by atoms with Crippen LogP contribution in [0.15, 0.2) is 24.4 Å². The quantitative estimate of drug-likeness (QED) is 0.917. The zero-order valence-electron chi connectivity index (χ0n) is 10.9. The normalized spacial score (nSPS) is 12.0. The van der Waals surface area contributed by atoms with E-state index in [0.29, 0.717) is 23.8 Å². The summed E-state index contributed by atoms with van der Waals surface area (Å²) in [5.41, 5.74) is 1.45.